The molecule has 1 fully saturated rings. The van der Waals surface area contributed by atoms with Gasteiger partial charge >= 0.3 is 0 Å². The van der Waals surface area contributed by atoms with Crippen molar-refractivity contribution in [1.29, 1.82) is 0 Å². The zero-order valence-electron chi connectivity index (χ0n) is 9.82. The van der Waals surface area contributed by atoms with Gasteiger partial charge in [0.25, 0.3) is 0 Å². The minimum Gasteiger partial charge on any atom is -0.497 e. The van der Waals surface area contributed by atoms with Crippen molar-refractivity contribution in [3.05, 3.63) is 29.8 Å². The van der Waals surface area contributed by atoms with Gasteiger partial charge in [0.2, 0.25) is 0 Å². The van der Waals surface area contributed by atoms with E-state index in [-0.39, 0.29) is 24.2 Å². The molecule has 0 aliphatic carbocycles. The van der Waals surface area contributed by atoms with Gasteiger partial charge in [0.05, 0.1) is 13.7 Å². The van der Waals surface area contributed by atoms with Gasteiger partial charge in [-0.3, -0.25) is 5.32 Å². The van der Waals surface area contributed by atoms with Gasteiger partial charge in [0, 0.05) is 5.54 Å². The summed E-state index contributed by atoms with van der Waals surface area (Å²) in [6.07, 6.45) is -0.0184. The van der Waals surface area contributed by atoms with Gasteiger partial charge in [-0.2, -0.15) is 0 Å². The molecule has 0 saturated carbocycles. The fourth-order valence-electron chi connectivity index (χ4n) is 1.71. The Morgan fingerprint density at radius 1 is 1.44 bits per heavy atom. The predicted molar refractivity (Wildman–Crippen MR) is 66.1 cm³/mol. The van der Waals surface area contributed by atoms with E-state index < -0.39 is 0 Å². The van der Waals surface area contributed by atoms with Gasteiger partial charge in [-0.1, -0.05) is 12.1 Å². The Morgan fingerprint density at radius 2 is 2.19 bits per heavy atom. The van der Waals surface area contributed by atoms with Crippen molar-refractivity contribution in [2.24, 2.45) is 0 Å². The number of nitrogens with one attached hydrogen (secondary N) is 1. The fourth-order valence-corrected chi connectivity index (χ4v) is 1.71. The SMILES string of the molecule is COc1cccc(C2NC(C)(C)CO2)c1.Cl. The quantitative estimate of drug-likeness (QED) is 0.866. The lowest BCUT2D eigenvalue weighted by Gasteiger charge is -2.17. The first-order chi connectivity index (χ1) is 7.11. The molecule has 1 aliphatic rings. The maximum Gasteiger partial charge on any atom is 0.135 e. The van der Waals surface area contributed by atoms with Crippen LogP contribution in [0.4, 0.5) is 0 Å². The van der Waals surface area contributed by atoms with Gasteiger partial charge in [0.15, 0.2) is 0 Å². The van der Waals surface area contributed by atoms with Crippen molar-refractivity contribution in [3.63, 3.8) is 0 Å². The summed E-state index contributed by atoms with van der Waals surface area (Å²) < 4.78 is 10.9. The van der Waals surface area contributed by atoms with Gasteiger partial charge in [-0.15, -0.1) is 12.4 Å². The first kappa shape index (κ1) is 13.3. The molecule has 1 aromatic carbocycles. The van der Waals surface area contributed by atoms with Crippen LogP contribution in [-0.4, -0.2) is 19.3 Å². The first-order valence-corrected chi connectivity index (χ1v) is 5.14. The smallest absolute Gasteiger partial charge is 0.135 e. The number of hydrogen-bond donors (Lipinski definition) is 1. The Kier molecular flexibility index (Phi) is 4.19. The van der Waals surface area contributed by atoms with Gasteiger partial charge in [-0.25, -0.2) is 0 Å². The van der Waals surface area contributed by atoms with E-state index in [4.69, 9.17) is 9.47 Å². The number of hydrogen-bond acceptors (Lipinski definition) is 3. The molecule has 1 heterocycles. The number of benzene rings is 1. The largest absolute Gasteiger partial charge is 0.497 e. The second kappa shape index (κ2) is 5.04. The van der Waals surface area contributed by atoms with Crippen molar-refractivity contribution in [3.8, 4) is 5.75 Å². The molecule has 0 aromatic heterocycles. The molecule has 16 heavy (non-hydrogen) atoms. The molecule has 0 bridgehead atoms. The van der Waals surface area contributed by atoms with Crippen LogP contribution in [-0.2, 0) is 4.74 Å². The molecule has 2 rings (SSSR count). The maximum atomic E-state index is 5.69. The highest BCUT2D eigenvalue weighted by atomic mass is 35.5. The fraction of sp³-hybridized carbons (Fsp3) is 0.500. The lowest BCUT2D eigenvalue weighted by molar-refractivity contribution is 0.0987. The van der Waals surface area contributed by atoms with Crippen molar-refractivity contribution in [2.45, 2.75) is 25.6 Å². The highest BCUT2D eigenvalue weighted by Crippen LogP contribution is 2.27. The van der Waals surface area contributed by atoms with Crippen LogP contribution in [0.15, 0.2) is 24.3 Å². The third kappa shape index (κ3) is 2.88. The van der Waals surface area contributed by atoms with E-state index in [1.165, 1.54) is 0 Å². The molecule has 1 saturated heterocycles. The maximum absolute atomic E-state index is 5.69. The molecule has 3 nitrogen and oxygen atoms in total. The topological polar surface area (TPSA) is 30.5 Å². The van der Waals surface area contributed by atoms with E-state index in [9.17, 15) is 0 Å². The van der Waals surface area contributed by atoms with E-state index in [0.717, 1.165) is 17.9 Å². The van der Waals surface area contributed by atoms with Crippen LogP contribution in [0.5, 0.6) is 5.75 Å². The Balaban J connectivity index is 0.00000128. The predicted octanol–water partition coefficient (Wildman–Crippen LogP) is 2.51. The standard InChI is InChI=1S/C12H17NO2.ClH/c1-12(2)8-15-11(13-12)9-5-4-6-10(7-9)14-3;/h4-7,11,13H,8H2,1-3H3;1H. The molecule has 1 aliphatic heterocycles. The highest BCUT2D eigenvalue weighted by molar-refractivity contribution is 5.85. The van der Waals surface area contributed by atoms with Crippen LogP contribution in [0.25, 0.3) is 0 Å². The Labute approximate surface area is 103 Å². The summed E-state index contributed by atoms with van der Waals surface area (Å²) in [6.45, 7) is 5.00. The van der Waals surface area contributed by atoms with Crippen molar-refractivity contribution in [1.82, 2.24) is 5.32 Å². The van der Waals surface area contributed by atoms with Gasteiger partial charge < -0.3 is 9.47 Å². The van der Waals surface area contributed by atoms with Crippen molar-refractivity contribution < 1.29 is 9.47 Å². The number of halogens is 1. The van der Waals surface area contributed by atoms with Crippen LogP contribution >= 0.6 is 12.4 Å². The average molecular weight is 244 g/mol. The van der Waals surface area contributed by atoms with Crippen LogP contribution in [0.3, 0.4) is 0 Å². The lowest BCUT2D eigenvalue weighted by Crippen LogP contribution is -2.35. The second-order valence-corrected chi connectivity index (χ2v) is 4.50. The molecule has 1 atom stereocenters. The summed E-state index contributed by atoms with van der Waals surface area (Å²) in [4.78, 5) is 0. The molecular formula is C12H18ClNO2. The minimum absolute atomic E-state index is 0. The summed E-state index contributed by atoms with van der Waals surface area (Å²) in [6, 6.07) is 7.95. The molecule has 0 radical (unpaired) electrons. The molecular weight excluding hydrogens is 226 g/mol. The minimum atomic E-state index is -0.0184. The summed E-state index contributed by atoms with van der Waals surface area (Å²) in [7, 11) is 1.67. The zero-order valence-corrected chi connectivity index (χ0v) is 10.6. The third-order valence-corrected chi connectivity index (χ3v) is 2.53. The molecule has 1 unspecified atom stereocenters. The number of rotatable bonds is 2. The first-order valence-electron chi connectivity index (χ1n) is 5.14. The van der Waals surface area contributed by atoms with E-state index in [0.29, 0.717) is 0 Å². The van der Waals surface area contributed by atoms with E-state index >= 15 is 0 Å². The van der Waals surface area contributed by atoms with Crippen LogP contribution in [0, 0.1) is 0 Å². The molecule has 90 valence electrons. The summed E-state index contributed by atoms with van der Waals surface area (Å²) in [5, 5.41) is 3.42. The Hall–Kier alpha value is -0.770. The van der Waals surface area contributed by atoms with Gasteiger partial charge in [0.1, 0.15) is 12.0 Å². The Morgan fingerprint density at radius 3 is 2.75 bits per heavy atom. The van der Waals surface area contributed by atoms with Crippen LogP contribution < -0.4 is 10.1 Å². The van der Waals surface area contributed by atoms with Crippen molar-refractivity contribution >= 4 is 12.4 Å². The average Bonchev–Trinajstić information content (AvgIpc) is 2.59. The zero-order chi connectivity index (χ0) is 10.9. The van der Waals surface area contributed by atoms with Gasteiger partial charge in [-0.05, 0) is 31.5 Å². The third-order valence-electron chi connectivity index (χ3n) is 2.53. The van der Waals surface area contributed by atoms with E-state index in [1.54, 1.807) is 7.11 Å². The molecule has 1 aromatic rings. The Bertz CT molecular complexity index is 355. The summed E-state index contributed by atoms with van der Waals surface area (Å²) >= 11 is 0. The number of methoxy groups -OCH3 is 1. The monoisotopic (exact) mass is 243 g/mol. The number of ether oxygens (including phenoxy) is 2. The van der Waals surface area contributed by atoms with Crippen molar-refractivity contribution in [2.75, 3.05) is 13.7 Å². The lowest BCUT2D eigenvalue weighted by atomic mass is 10.1. The van der Waals surface area contributed by atoms with E-state index in [2.05, 4.69) is 19.2 Å². The molecule has 0 spiro atoms. The molecule has 1 N–H and O–H groups in total. The normalized spacial score (nSPS) is 22.6. The van der Waals surface area contributed by atoms with Crippen LogP contribution in [0.2, 0.25) is 0 Å². The van der Waals surface area contributed by atoms with E-state index in [1.807, 2.05) is 24.3 Å². The highest BCUT2D eigenvalue weighted by Gasteiger charge is 2.31. The van der Waals surface area contributed by atoms with Crippen LogP contribution in [0.1, 0.15) is 25.6 Å². The second-order valence-electron chi connectivity index (χ2n) is 4.50. The molecule has 4 heteroatoms. The molecule has 0 amide bonds. The summed E-state index contributed by atoms with van der Waals surface area (Å²) in [5.41, 5.74) is 1.16. The summed E-state index contributed by atoms with van der Waals surface area (Å²) in [5.74, 6) is 0.864.